The Kier molecular flexibility index (Phi) is 5.79. The van der Waals surface area contributed by atoms with Gasteiger partial charge in [0.2, 0.25) is 0 Å². The second-order valence-electron chi connectivity index (χ2n) is 6.42. The molecule has 6 nitrogen and oxygen atoms in total. The lowest BCUT2D eigenvalue weighted by molar-refractivity contribution is -0.133. The van der Waals surface area contributed by atoms with Crippen molar-refractivity contribution in [3.8, 4) is 11.5 Å². The number of methoxy groups -OCH3 is 1. The van der Waals surface area contributed by atoms with Crippen molar-refractivity contribution in [2.45, 2.75) is 6.54 Å². The highest BCUT2D eigenvalue weighted by Gasteiger charge is 2.14. The Labute approximate surface area is 162 Å². The molecule has 6 heteroatoms. The second kappa shape index (κ2) is 8.43. The molecule has 0 aromatic heterocycles. The van der Waals surface area contributed by atoms with E-state index in [9.17, 15) is 14.7 Å². The maximum absolute atomic E-state index is 12.3. The van der Waals surface area contributed by atoms with E-state index >= 15 is 0 Å². The predicted molar refractivity (Wildman–Crippen MR) is 105 cm³/mol. The summed E-state index contributed by atoms with van der Waals surface area (Å²) in [6.45, 7) is 0.0541. The first-order valence-corrected chi connectivity index (χ1v) is 8.73. The number of carbonyl (C=O) groups excluding carboxylic acids is 2. The van der Waals surface area contributed by atoms with Gasteiger partial charge in [-0.2, -0.15) is 0 Å². The lowest BCUT2D eigenvalue weighted by atomic mass is 10.1. The van der Waals surface area contributed by atoms with Crippen LogP contribution in [0.5, 0.6) is 11.5 Å². The number of benzene rings is 3. The van der Waals surface area contributed by atoms with Gasteiger partial charge in [0.25, 0.3) is 5.91 Å². The number of nitrogens with zero attached hydrogens (tertiary/aromatic N) is 1. The maximum atomic E-state index is 12.3. The van der Waals surface area contributed by atoms with Crippen LogP contribution in [-0.2, 0) is 16.1 Å². The molecule has 1 amide bonds. The molecule has 28 heavy (non-hydrogen) atoms. The third-order valence-corrected chi connectivity index (χ3v) is 4.39. The molecule has 0 atom stereocenters. The summed E-state index contributed by atoms with van der Waals surface area (Å²) in [5.74, 6) is -0.0625. The number of rotatable bonds is 6. The molecular weight excluding hydrogens is 358 g/mol. The van der Waals surface area contributed by atoms with Gasteiger partial charge in [-0.15, -0.1) is 0 Å². The van der Waals surface area contributed by atoms with Crippen molar-refractivity contribution in [2.24, 2.45) is 0 Å². The van der Waals surface area contributed by atoms with Gasteiger partial charge in [0, 0.05) is 13.6 Å². The van der Waals surface area contributed by atoms with Crippen LogP contribution in [0.25, 0.3) is 10.8 Å². The Balaban J connectivity index is 1.58. The van der Waals surface area contributed by atoms with Gasteiger partial charge in [0.15, 0.2) is 6.61 Å². The third kappa shape index (κ3) is 4.59. The topological polar surface area (TPSA) is 76.1 Å². The molecule has 3 aromatic carbocycles. The zero-order valence-electron chi connectivity index (χ0n) is 15.7. The monoisotopic (exact) mass is 379 g/mol. The number of likely N-dealkylation sites (N-methyl/N-ethyl adjacent to an activating group) is 1. The van der Waals surface area contributed by atoms with Crippen LogP contribution in [0.2, 0.25) is 0 Å². The first-order chi connectivity index (χ1) is 13.5. The molecule has 144 valence electrons. The molecule has 0 saturated carbocycles. The number of amides is 1. The van der Waals surface area contributed by atoms with Crippen molar-refractivity contribution < 1.29 is 24.2 Å². The van der Waals surface area contributed by atoms with Gasteiger partial charge in [0.1, 0.15) is 11.5 Å². The van der Waals surface area contributed by atoms with E-state index < -0.39 is 5.97 Å². The van der Waals surface area contributed by atoms with Crippen molar-refractivity contribution in [1.29, 1.82) is 0 Å². The zero-order chi connectivity index (χ0) is 20.1. The molecule has 3 rings (SSSR count). The fraction of sp³-hybridized carbons (Fsp3) is 0.182. The minimum atomic E-state index is -0.610. The Morgan fingerprint density at radius 1 is 0.964 bits per heavy atom. The van der Waals surface area contributed by atoms with Crippen LogP contribution >= 0.6 is 0 Å². The maximum Gasteiger partial charge on any atom is 0.338 e. The minimum absolute atomic E-state index is 0.0567. The van der Waals surface area contributed by atoms with Crippen LogP contribution in [0.1, 0.15) is 15.9 Å². The molecule has 1 N–H and O–H groups in total. The molecule has 0 unspecified atom stereocenters. The molecule has 0 spiro atoms. The minimum Gasteiger partial charge on any atom is -0.508 e. The van der Waals surface area contributed by atoms with Crippen molar-refractivity contribution in [2.75, 3.05) is 20.8 Å². The summed E-state index contributed by atoms with van der Waals surface area (Å²) in [6.07, 6.45) is 0. The second-order valence-corrected chi connectivity index (χ2v) is 6.42. The quantitative estimate of drug-likeness (QED) is 0.665. The fourth-order valence-electron chi connectivity index (χ4n) is 2.78. The fourth-order valence-corrected chi connectivity index (χ4v) is 2.78. The van der Waals surface area contributed by atoms with Crippen LogP contribution in [0, 0.1) is 0 Å². The van der Waals surface area contributed by atoms with Gasteiger partial charge < -0.3 is 19.5 Å². The van der Waals surface area contributed by atoms with Crippen LogP contribution in [-0.4, -0.2) is 42.6 Å². The highest BCUT2D eigenvalue weighted by molar-refractivity contribution is 5.91. The molecule has 3 aromatic rings. The summed E-state index contributed by atoms with van der Waals surface area (Å²) in [4.78, 5) is 25.7. The molecule has 0 aliphatic heterocycles. The lowest BCUT2D eigenvalue weighted by Crippen LogP contribution is -2.30. The first kappa shape index (κ1) is 19.2. The Morgan fingerprint density at radius 2 is 1.64 bits per heavy atom. The smallest absolute Gasteiger partial charge is 0.338 e. The summed E-state index contributed by atoms with van der Waals surface area (Å²) in [7, 11) is 3.29. The number of hydrogen-bond donors (Lipinski definition) is 1. The van der Waals surface area contributed by atoms with Gasteiger partial charge in [-0.25, -0.2) is 4.79 Å². The van der Waals surface area contributed by atoms with Gasteiger partial charge in [-0.3, -0.25) is 4.79 Å². The van der Waals surface area contributed by atoms with E-state index in [0.29, 0.717) is 6.54 Å². The van der Waals surface area contributed by atoms with E-state index in [4.69, 9.17) is 9.47 Å². The number of ether oxygens (including phenoxy) is 2. The van der Waals surface area contributed by atoms with E-state index in [1.165, 1.54) is 29.2 Å². The van der Waals surface area contributed by atoms with Gasteiger partial charge in [-0.05, 0) is 58.8 Å². The van der Waals surface area contributed by atoms with Gasteiger partial charge >= 0.3 is 5.97 Å². The summed E-state index contributed by atoms with van der Waals surface area (Å²) in [5.41, 5.74) is 1.25. The summed E-state index contributed by atoms with van der Waals surface area (Å²) in [5, 5.41) is 11.4. The van der Waals surface area contributed by atoms with Crippen molar-refractivity contribution in [1.82, 2.24) is 4.90 Å². The highest BCUT2D eigenvalue weighted by Crippen LogP contribution is 2.22. The summed E-state index contributed by atoms with van der Waals surface area (Å²) >= 11 is 0. The highest BCUT2D eigenvalue weighted by atomic mass is 16.5. The van der Waals surface area contributed by atoms with E-state index in [0.717, 1.165) is 22.1 Å². The number of phenols is 1. The average Bonchev–Trinajstić information content (AvgIpc) is 2.71. The first-order valence-electron chi connectivity index (χ1n) is 8.73. The number of esters is 1. The van der Waals surface area contributed by atoms with Crippen LogP contribution in [0.4, 0.5) is 0 Å². The van der Waals surface area contributed by atoms with Crippen LogP contribution in [0.15, 0.2) is 60.7 Å². The SMILES string of the molecule is COc1ccc2cc(CN(C)C(=O)COC(=O)c3ccc(O)cc3)ccc2c1. The van der Waals surface area contributed by atoms with Gasteiger partial charge in [-0.1, -0.05) is 18.2 Å². The largest absolute Gasteiger partial charge is 0.508 e. The molecule has 0 aliphatic rings. The van der Waals surface area contributed by atoms with E-state index in [-0.39, 0.29) is 23.8 Å². The third-order valence-electron chi connectivity index (χ3n) is 4.39. The molecular formula is C22H21NO5. The Morgan fingerprint density at radius 3 is 2.36 bits per heavy atom. The number of aromatic hydroxyl groups is 1. The number of phenolic OH excluding ortho intramolecular Hbond substituents is 1. The number of carbonyl (C=O) groups is 2. The normalized spacial score (nSPS) is 10.5. The zero-order valence-corrected chi connectivity index (χ0v) is 15.7. The predicted octanol–water partition coefficient (Wildman–Crippen LogP) is 3.37. The molecule has 0 radical (unpaired) electrons. The molecule has 0 saturated heterocycles. The Hall–Kier alpha value is -3.54. The summed E-state index contributed by atoms with van der Waals surface area (Å²) in [6, 6.07) is 17.4. The average molecular weight is 379 g/mol. The van der Waals surface area contributed by atoms with Crippen molar-refractivity contribution in [3.05, 3.63) is 71.8 Å². The molecule has 0 heterocycles. The molecule has 0 fully saturated rings. The molecule has 0 aliphatic carbocycles. The number of fused-ring (bicyclic) bond motifs is 1. The number of hydrogen-bond acceptors (Lipinski definition) is 5. The van der Waals surface area contributed by atoms with E-state index in [1.54, 1.807) is 14.2 Å². The molecule has 0 bridgehead atoms. The van der Waals surface area contributed by atoms with Crippen LogP contribution in [0.3, 0.4) is 0 Å². The van der Waals surface area contributed by atoms with Gasteiger partial charge in [0.05, 0.1) is 12.7 Å². The standard InChI is InChI=1S/C22H21NO5/c1-23(21(25)14-28-22(26)16-5-8-19(24)9-6-16)13-15-3-4-18-12-20(27-2)10-7-17(18)11-15/h3-12,24H,13-14H2,1-2H3. The van der Waals surface area contributed by atoms with E-state index in [2.05, 4.69) is 0 Å². The van der Waals surface area contributed by atoms with E-state index in [1.807, 2.05) is 36.4 Å². The van der Waals surface area contributed by atoms with Crippen LogP contribution < -0.4 is 4.74 Å². The Bertz CT molecular complexity index is 997. The van der Waals surface area contributed by atoms with Crippen molar-refractivity contribution >= 4 is 22.6 Å². The lowest BCUT2D eigenvalue weighted by Gasteiger charge is -2.17. The van der Waals surface area contributed by atoms with Crippen molar-refractivity contribution in [3.63, 3.8) is 0 Å². The summed E-state index contributed by atoms with van der Waals surface area (Å²) < 4.78 is 10.3.